The van der Waals surface area contributed by atoms with Gasteiger partial charge in [0.2, 0.25) is 0 Å². The Morgan fingerprint density at radius 1 is 1.29 bits per heavy atom. The number of phenolic OH excluding ortho intramolecular Hbond substituents is 1. The molecule has 2 N–H and O–H groups in total. The van der Waals surface area contributed by atoms with Gasteiger partial charge in [-0.1, -0.05) is 37.3 Å². The average molecular weight is 306 g/mol. The van der Waals surface area contributed by atoms with Gasteiger partial charge in [0.15, 0.2) is 0 Å². The van der Waals surface area contributed by atoms with E-state index in [1.54, 1.807) is 6.07 Å². The zero-order chi connectivity index (χ0) is 15.2. The molecular formula is C17H20ClNO2. The van der Waals surface area contributed by atoms with Crippen molar-refractivity contribution in [3.05, 3.63) is 42.0 Å². The Labute approximate surface area is 129 Å². The van der Waals surface area contributed by atoms with Gasteiger partial charge in [-0.25, -0.2) is 0 Å². The van der Waals surface area contributed by atoms with Crippen molar-refractivity contribution in [3.63, 3.8) is 0 Å². The lowest BCUT2D eigenvalue weighted by Gasteiger charge is -2.10. The van der Waals surface area contributed by atoms with E-state index in [1.165, 1.54) is 0 Å². The van der Waals surface area contributed by atoms with E-state index in [4.69, 9.17) is 11.6 Å². The number of rotatable bonds is 6. The fourth-order valence-corrected chi connectivity index (χ4v) is 2.42. The van der Waals surface area contributed by atoms with E-state index in [9.17, 15) is 9.90 Å². The third-order valence-corrected chi connectivity index (χ3v) is 4.09. The summed E-state index contributed by atoms with van der Waals surface area (Å²) in [4.78, 5) is 12.1. The van der Waals surface area contributed by atoms with Gasteiger partial charge in [-0.2, -0.15) is 0 Å². The number of fused-ring (bicyclic) bond motifs is 1. The first kappa shape index (κ1) is 15.6. The minimum atomic E-state index is -0.239. The number of phenols is 1. The van der Waals surface area contributed by atoms with Gasteiger partial charge in [-0.15, -0.1) is 11.6 Å². The van der Waals surface area contributed by atoms with Crippen LogP contribution in [0.2, 0.25) is 0 Å². The van der Waals surface area contributed by atoms with Crippen molar-refractivity contribution in [3.8, 4) is 5.75 Å². The first-order valence-corrected chi connectivity index (χ1v) is 7.71. The Morgan fingerprint density at radius 2 is 2.05 bits per heavy atom. The summed E-state index contributed by atoms with van der Waals surface area (Å²) in [6.07, 6.45) is 1.86. The van der Waals surface area contributed by atoms with Gasteiger partial charge in [0.05, 0.1) is 5.56 Å². The molecule has 112 valence electrons. The van der Waals surface area contributed by atoms with Crippen molar-refractivity contribution in [2.75, 3.05) is 12.4 Å². The SMILES string of the molecule is CC(CCl)CCCNC(=O)c1ccc2ccccc2c1O. The van der Waals surface area contributed by atoms with E-state index in [-0.39, 0.29) is 11.7 Å². The van der Waals surface area contributed by atoms with Crippen LogP contribution >= 0.6 is 11.6 Å². The Morgan fingerprint density at radius 3 is 2.81 bits per heavy atom. The minimum Gasteiger partial charge on any atom is -0.506 e. The Hall–Kier alpha value is -1.74. The van der Waals surface area contributed by atoms with Gasteiger partial charge < -0.3 is 10.4 Å². The molecule has 2 aromatic carbocycles. The zero-order valence-electron chi connectivity index (χ0n) is 12.1. The van der Waals surface area contributed by atoms with Gasteiger partial charge >= 0.3 is 0 Å². The minimum absolute atomic E-state index is 0.0414. The highest BCUT2D eigenvalue weighted by molar-refractivity contribution is 6.18. The second-order valence-corrected chi connectivity index (χ2v) is 5.65. The van der Waals surface area contributed by atoms with Crippen LogP contribution < -0.4 is 5.32 Å². The number of halogens is 1. The number of alkyl halides is 1. The Bertz CT molecular complexity index is 627. The Kier molecular flexibility index (Phi) is 5.45. The molecule has 1 unspecified atom stereocenters. The summed E-state index contributed by atoms with van der Waals surface area (Å²) in [7, 11) is 0. The quantitative estimate of drug-likeness (QED) is 0.627. The monoisotopic (exact) mass is 305 g/mol. The van der Waals surface area contributed by atoms with Crippen LogP contribution in [0.4, 0.5) is 0 Å². The number of carbonyl (C=O) groups is 1. The lowest BCUT2D eigenvalue weighted by atomic mass is 10.0. The number of hydrogen-bond acceptors (Lipinski definition) is 2. The standard InChI is InChI=1S/C17H20ClNO2/c1-12(11-18)5-4-10-19-17(21)15-9-8-13-6-2-3-7-14(13)16(15)20/h2-3,6-9,12,20H,4-5,10-11H2,1H3,(H,19,21). The lowest BCUT2D eigenvalue weighted by molar-refractivity contribution is 0.0950. The van der Waals surface area contributed by atoms with Crippen LogP contribution in [0.5, 0.6) is 5.75 Å². The summed E-state index contributed by atoms with van der Waals surface area (Å²) in [5.74, 6) is 0.897. The van der Waals surface area contributed by atoms with Crippen LogP contribution in [-0.4, -0.2) is 23.4 Å². The normalized spacial score (nSPS) is 12.3. The van der Waals surface area contributed by atoms with Gasteiger partial charge in [-0.3, -0.25) is 4.79 Å². The maximum Gasteiger partial charge on any atom is 0.255 e. The fraction of sp³-hybridized carbons (Fsp3) is 0.353. The molecule has 1 amide bonds. The van der Waals surface area contributed by atoms with Crippen molar-refractivity contribution in [2.24, 2.45) is 5.92 Å². The molecule has 4 heteroatoms. The van der Waals surface area contributed by atoms with Crippen LogP contribution in [0, 0.1) is 5.92 Å². The van der Waals surface area contributed by atoms with E-state index >= 15 is 0 Å². The van der Waals surface area contributed by atoms with Gasteiger partial charge in [0.25, 0.3) is 5.91 Å². The molecule has 0 heterocycles. The van der Waals surface area contributed by atoms with Crippen molar-refractivity contribution >= 4 is 28.3 Å². The number of hydrogen-bond donors (Lipinski definition) is 2. The maximum absolute atomic E-state index is 12.1. The molecule has 0 aromatic heterocycles. The van der Waals surface area contributed by atoms with Gasteiger partial charge in [-0.05, 0) is 30.2 Å². The number of nitrogens with one attached hydrogen (secondary N) is 1. The smallest absolute Gasteiger partial charge is 0.255 e. The number of amides is 1. The summed E-state index contributed by atoms with van der Waals surface area (Å²) in [6.45, 7) is 2.68. The fourth-order valence-electron chi connectivity index (χ4n) is 2.26. The molecule has 0 saturated carbocycles. The summed E-state index contributed by atoms with van der Waals surface area (Å²) in [6, 6.07) is 11.0. The van der Waals surface area contributed by atoms with E-state index in [1.807, 2.05) is 30.3 Å². The summed E-state index contributed by atoms with van der Waals surface area (Å²) >= 11 is 5.75. The molecule has 2 aromatic rings. The molecule has 3 nitrogen and oxygen atoms in total. The predicted octanol–water partition coefficient (Wildman–Crippen LogP) is 3.93. The van der Waals surface area contributed by atoms with Crippen LogP contribution in [-0.2, 0) is 0 Å². The summed E-state index contributed by atoms with van der Waals surface area (Å²) in [5.41, 5.74) is 0.319. The molecule has 21 heavy (non-hydrogen) atoms. The highest BCUT2D eigenvalue weighted by Gasteiger charge is 2.13. The zero-order valence-corrected chi connectivity index (χ0v) is 12.9. The lowest BCUT2D eigenvalue weighted by Crippen LogP contribution is -2.24. The molecule has 0 spiro atoms. The van der Waals surface area contributed by atoms with E-state index < -0.39 is 0 Å². The van der Waals surface area contributed by atoms with Crippen LogP contribution in [0.1, 0.15) is 30.1 Å². The third kappa shape index (κ3) is 3.88. The molecule has 0 saturated heterocycles. The van der Waals surface area contributed by atoms with Crippen molar-refractivity contribution in [1.82, 2.24) is 5.32 Å². The molecular weight excluding hydrogens is 286 g/mol. The van der Waals surface area contributed by atoms with Crippen molar-refractivity contribution in [1.29, 1.82) is 0 Å². The average Bonchev–Trinajstić information content (AvgIpc) is 2.51. The molecule has 0 aliphatic carbocycles. The molecule has 0 aliphatic rings. The molecule has 2 rings (SSSR count). The third-order valence-electron chi connectivity index (χ3n) is 3.57. The van der Waals surface area contributed by atoms with Crippen molar-refractivity contribution in [2.45, 2.75) is 19.8 Å². The number of aromatic hydroxyl groups is 1. The first-order chi connectivity index (χ1) is 10.1. The largest absolute Gasteiger partial charge is 0.506 e. The molecule has 0 radical (unpaired) electrons. The molecule has 0 bridgehead atoms. The number of benzene rings is 2. The van der Waals surface area contributed by atoms with E-state index in [0.29, 0.717) is 29.3 Å². The van der Waals surface area contributed by atoms with Gasteiger partial charge in [0, 0.05) is 17.8 Å². The van der Waals surface area contributed by atoms with Gasteiger partial charge in [0.1, 0.15) is 5.75 Å². The van der Waals surface area contributed by atoms with E-state index in [0.717, 1.165) is 18.2 Å². The highest BCUT2D eigenvalue weighted by Crippen LogP contribution is 2.28. The molecule has 0 aliphatic heterocycles. The van der Waals surface area contributed by atoms with Crippen molar-refractivity contribution < 1.29 is 9.90 Å². The van der Waals surface area contributed by atoms with Crippen LogP contribution in [0.3, 0.4) is 0 Å². The second-order valence-electron chi connectivity index (χ2n) is 5.34. The maximum atomic E-state index is 12.1. The van der Waals surface area contributed by atoms with E-state index in [2.05, 4.69) is 12.2 Å². The number of carbonyl (C=O) groups excluding carboxylic acids is 1. The molecule has 0 fully saturated rings. The topological polar surface area (TPSA) is 49.3 Å². The molecule has 1 atom stereocenters. The first-order valence-electron chi connectivity index (χ1n) is 7.18. The van der Waals surface area contributed by atoms with Crippen LogP contribution in [0.15, 0.2) is 36.4 Å². The Balaban J connectivity index is 2.01. The predicted molar refractivity (Wildman–Crippen MR) is 87.1 cm³/mol. The van der Waals surface area contributed by atoms with Crippen LogP contribution in [0.25, 0.3) is 10.8 Å². The summed E-state index contributed by atoms with van der Waals surface area (Å²) in [5, 5.41) is 14.7. The second kappa shape index (κ2) is 7.32. The highest BCUT2D eigenvalue weighted by atomic mass is 35.5. The summed E-state index contributed by atoms with van der Waals surface area (Å²) < 4.78 is 0.